The third kappa shape index (κ3) is 7.13. The van der Waals surface area contributed by atoms with E-state index in [1.807, 2.05) is 0 Å². The van der Waals surface area contributed by atoms with Crippen molar-refractivity contribution in [1.29, 1.82) is 0 Å². The highest BCUT2D eigenvalue weighted by Gasteiger charge is 2.69. The van der Waals surface area contributed by atoms with E-state index in [0.717, 1.165) is 30.6 Å². The molecule has 3 atom stereocenters. The molecule has 162 valence electrons. The standard InChI is InChI=1S/C16H24F6O.C4H10/c17-15(18,19)14(23,16(20,21)22)8-4-2-1-3-5-12-9-11-6-7-13(12)10-11;1-4(2)3/h11-13,23H,1-10H2;4H,1-3H3. The second-order valence-corrected chi connectivity index (χ2v) is 8.98. The molecule has 0 aromatic carbocycles. The lowest BCUT2D eigenvalue weighted by Crippen LogP contribution is -2.56. The van der Waals surface area contributed by atoms with Crippen molar-refractivity contribution in [3.05, 3.63) is 0 Å². The minimum atomic E-state index is -5.69. The van der Waals surface area contributed by atoms with Gasteiger partial charge in [-0.05, 0) is 55.8 Å². The van der Waals surface area contributed by atoms with Crippen LogP contribution in [0.3, 0.4) is 0 Å². The first kappa shape index (κ1) is 24.6. The molecule has 0 aromatic heterocycles. The number of unbranched alkanes of at least 4 members (excludes halogenated alkanes) is 3. The van der Waals surface area contributed by atoms with E-state index in [4.69, 9.17) is 5.11 Å². The van der Waals surface area contributed by atoms with E-state index in [1.165, 1.54) is 25.7 Å². The van der Waals surface area contributed by atoms with Crippen LogP contribution in [-0.4, -0.2) is 23.1 Å². The molecular weight excluding hydrogens is 370 g/mol. The first-order chi connectivity index (χ1) is 12.3. The lowest BCUT2D eigenvalue weighted by Gasteiger charge is -2.32. The zero-order chi connectivity index (χ0) is 20.9. The van der Waals surface area contributed by atoms with Crippen LogP contribution in [0.5, 0.6) is 0 Å². The molecule has 2 saturated carbocycles. The number of aliphatic hydroxyl groups is 1. The molecule has 2 rings (SSSR count). The van der Waals surface area contributed by atoms with E-state index in [-0.39, 0.29) is 12.8 Å². The van der Waals surface area contributed by atoms with Crippen LogP contribution in [0.15, 0.2) is 0 Å². The largest absolute Gasteiger partial charge is 0.426 e. The predicted octanol–water partition coefficient (Wildman–Crippen LogP) is 7.28. The number of hydrogen-bond acceptors (Lipinski definition) is 1. The normalized spacial score (nSPS) is 25.7. The van der Waals surface area contributed by atoms with Crippen molar-refractivity contribution in [1.82, 2.24) is 0 Å². The van der Waals surface area contributed by atoms with Crippen LogP contribution in [0.25, 0.3) is 0 Å². The Hall–Kier alpha value is -0.460. The summed E-state index contributed by atoms with van der Waals surface area (Å²) in [5.74, 6) is 3.18. The summed E-state index contributed by atoms with van der Waals surface area (Å²) in [6.07, 6.45) is -5.03. The van der Waals surface area contributed by atoms with Gasteiger partial charge in [0.05, 0.1) is 0 Å². The van der Waals surface area contributed by atoms with Gasteiger partial charge in [-0.2, -0.15) is 26.3 Å². The third-order valence-corrected chi connectivity index (χ3v) is 5.69. The van der Waals surface area contributed by atoms with E-state index in [9.17, 15) is 26.3 Å². The SMILES string of the molecule is CC(C)C.OC(CCCCCCC1CC2CCC1C2)(C(F)(F)F)C(F)(F)F. The molecule has 3 unspecified atom stereocenters. The van der Waals surface area contributed by atoms with Gasteiger partial charge in [-0.25, -0.2) is 0 Å². The topological polar surface area (TPSA) is 20.2 Å². The van der Waals surface area contributed by atoms with Crippen LogP contribution >= 0.6 is 0 Å². The van der Waals surface area contributed by atoms with Gasteiger partial charge in [0, 0.05) is 0 Å². The molecule has 0 heterocycles. The van der Waals surface area contributed by atoms with Crippen molar-refractivity contribution in [3.8, 4) is 0 Å². The lowest BCUT2D eigenvalue weighted by atomic mass is 9.85. The van der Waals surface area contributed by atoms with Crippen molar-refractivity contribution < 1.29 is 31.4 Å². The number of hydrogen-bond donors (Lipinski definition) is 1. The van der Waals surface area contributed by atoms with Gasteiger partial charge < -0.3 is 5.11 Å². The molecule has 0 saturated heterocycles. The van der Waals surface area contributed by atoms with Gasteiger partial charge in [0.2, 0.25) is 0 Å². The summed E-state index contributed by atoms with van der Waals surface area (Å²) in [6, 6.07) is 0. The maximum absolute atomic E-state index is 12.5. The molecular formula is C20H34F6O. The van der Waals surface area contributed by atoms with Gasteiger partial charge in [-0.3, -0.25) is 0 Å². The van der Waals surface area contributed by atoms with Crippen LogP contribution in [0, 0.1) is 23.7 Å². The molecule has 0 amide bonds. The van der Waals surface area contributed by atoms with Gasteiger partial charge in [-0.15, -0.1) is 0 Å². The highest BCUT2D eigenvalue weighted by Crippen LogP contribution is 2.50. The van der Waals surface area contributed by atoms with E-state index in [2.05, 4.69) is 20.8 Å². The lowest BCUT2D eigenvalue weighted by molar-refractivity contribution is -0.370. The molecule has 2 aliphatic carbocycles. The van der Waals surface area contributed by atoms with E-state index in [0.29, 0.717) is 12.3 Å². The molecule has 2 aliphatic rings. The third-order valence-electron chi connectivity index (χ3n) is 5.69. The fourth-order valence-corrected chi connectivity index (χ4v) is 4.32. The summed E-state index contributed by atoms with van der Waals surface area (Å²) in [6.45, 7) is 6.50. The average molecular weight is 404 g/mol. The van der Waals surface area contributed by atoms with Crippen molar-refractivity contribution in [2.45, 2.75) is 103 Å². The molecule has 0 radical (unpaired) electrons. The zero-order valence-electron chi connectivity index (χ0n) is 16.6. The Kier molecular flexibility index (Phi) is 8.96. The van der Waals surface area contributed by atoms with Crippen molar-refractivity contribution in [3.63, 3.8) is 0 Å². The number of fused-ring (bicyclic) bond motifs is 2. The molecule has 27 heavy (non-hydrogen) atoms. The van der Waals surface area contributed by atoms with E-state index < -0.39 is 24.4 Å². The quantitative estimate of drug-likeness (QED) is 0.349. The van der Waals surface area contributed by atoms with Crippen molar-refractivity contribution >= 4 is 0 Å². The summed E-state index contributed by atoms with van der Waals surface area (Å²) in [4.78, 5) is 0. The van der Waals surface area contributed by atoms with E-state index >= 15 is 0 Å². The van der Waals surface area contributed by atoms with Gasteiger partial charge in [0.15, 0.2) is 0 Å². The maximum Gasteiger partial charge on any atom is 0.426 e. The van der Waals surface area contributed by atoms with Crippen LogP contribution in [0.2, 0.25) is 0 Å². The summed E-state index contributed by atoms with van der Waals surface area (Å²) in [5, 5.41) is 9.03. The Bertz CT molecular complexity index is 412. The fourth-order valence-electron chi connectivity index (χ4n) is 4.32. The minimum absolute atomic E-state index is 0.272. The Labute approximate surface area is 158 Å². The molecule has 0 spiro atoms. The van der Waals surface area contributed by atoms with Crippen LogP contribution in [-0.2, 0) is 0 Å². The Morgan fingerprint density at radius 1 is 0.815 bits per heavy atom. The second-order valence-electron chi connectivity index (χ2n) is 8.98. The summed E-state index contributed by atoms with van der Waals surface area (Å²) >= 11 is 0. The molecule has 1 N–H and O–H groups in total. The van der Waals surface area contributed by atoms with Crippen molar-refractivity contribution in [2.75, 3.05) is 0 Å². The first-order valence-electron chi connectivity index (χ1n) is 10.1. The Morgan fingerprint density at radius 2 is 1.33 bits per heavy atom. The highest BCUT2D eigenvalue weighted by atomic mass is 19.4. The van der Waals surface area contributed by atoms with Crippen LogP contribution < -0.4 is 0 Å². The second kappa shape index (κ2) is 9.84. The van der Waals surface area contributed by atoms with Crippen LogP contribution in [0.1, 0.15) is 85.0 Å². The van der Waals surface area contributed by atoms with Gasteiger partial charge in [0.1, 0.15) is 0 Å². The molecule has 7 heteroatoms. The zero-order valence-corrected chi connectivity index (χ0v) is 16.6. The molecule has 2 fully saturated rings. The van der Waals surface area contributed by atoms with E-state index in [1.54, 1.807) is 0 Å². The van der Waals surface area contributed by atoms with Crippen LogP contribution in [0.4, 0.5) is 26.3 Å². The minimum Gasteiger partial charge on any atom is -0.374 e. The number of alkyl halides is 6. The smallest absolute Gasteiger partial charge is 0.374 e. The monoisotopic (exact) mass is 404 g/mol. The Balaban J connectivity index is 0.000000828. The van der Waals surface area contributed by atoms with Gasteiger partial charge >= 0.3 is 12.4 Å². The Morgan fingerprint density at radius 3 is 1.74 bits per heavy atom. The summed E-state index contributed by atoms with van der Waals surface area (Å²) in [5.41, 5.74) is -4.58. The average Bonchev–Trinajstić information content (AvgIpc) is 3.10. The predicted molar refractivity (Wildman–Crippen MR) is 94.2 cm³/mol. The summed E-state index contributed by atoms with van der Waals surface area (Å²) < 4.78 is 75.0. The number of halogens is 6. The molecule has 2 bridgehead atoms. The fraction of sp³-hybridized carbons (Fsp3) is 1.00. The molecule has 0 aromatic rings. The maximum atomic E-state index is 12.5. The molecule has 0 aliphatic heterocycles. The number of rotatable bonds is 7. The summed E-state index contributed by atoms with van der Waals surface area (Å²) in [7, 11) is 0. The first-order valence-corrected chi connectivity index (χ1v) is 10.1. The van der Waals surface area contributed by atoms with Gasteiger partial charge in [0.25, 0.3) is 5.60 Å². The molecule has 1 nitrogen and oxygen atoms in total. The highest BCUT2D eigenvalue weighted by molar-refractivity contribution is 4.93. The van der Waals surface area contributed by atoms with Crippen molar-refractivity contribution in [2.24, 2.45) is 23.7 Å². The van der Waals surface area contributed by atoms with Gasteiger partial charge in [-0.1, -0.05) is 52.9 Å².